The molecule has 2 N–H and O–H groups in total. The minimum Gasteiger partial charge on any atom is -0.391 e. The molecule has 0 aromatic heterocycles. The summed E-state index contributed by atoms with van der Waals surface area (Å²) in [7, 11) is 0. The van der Waals surface area contributed by atoms with Crippen LogP contribution >= 0.6 is 0 Å². The molecule has 1 aliphatic carbocycles. The van der Waals surface area contributed by atoms with Crippen molar-refractivity contribution in [1.82, 2.24) is 5.32 Å². The van der Waals surface area contributed by atoms with Crippen LogP contribution in [0.3, 0.4) is 0 Å². The zero-order valence-electron chi connectivity index (χ0n) is 13.0. The van der Waals surface area contributed by atoms with E-state index < -0.39 is 0 Å². The van der Waals surface area contributed by atoms with Gasteiger partial charge in [-0.3, -0.25) is 0 Å². The molecule has 0 amide bonds. The van der Waals surface area contributed by atoms with Crippen molar-refractivity contribution in [1.29, 1.82) is 0 Å². The summed E-state index contributed by atoms with van der Waals surface area (Å²) >= 11 is 0. The van der Waals surface area contributed by atoms with E-state index in [-0.39, 0.29) is 6.10 Å². The third-order valence-corrected chi connectivity index (χ3v) is 4.65. The molecule has 4 atom stereocenters. The second-order valence-corrected chi connectivity index (χ2v) is 6.40. The maximum Gasteiger partial charge on any atom is 0.0695 e. The molecule has 1 aliphatic heterocycles. The maximum absolute atomic E-state index is 10.2. The molecule has 2 fully saturated rings. The molecule has 0 aromatic carbocycles. The first kappa shape index (κ1) is 16.2. The molecule has 1 heterocycles. The van der Waals surface area contributed by atoms with Crippen LogP contribution in [0.25, 0.3) is 0 Å². The average Bonchev–Trinajstić information content (AvgIpc) is 2.43. The predicted octanol–water partition coefficient (Wildman–Crippen LogP) is 2.10. The SMILES string of the molecule is CCNC1CCC(CC(C)OC2CCOCC2)CC1O. The lowest BCUT2D eigenvalue weighted by molar-refractivity contribution is -0.0721. The predicted molar refractivity (Wildman–Crippen MR) is 79.8 cm³/mol. The highest BCUT2D eigenvalue weighted by Gasteiger charge is 2.29. The van der Waals surface area contributed by atoms with Gasteiger partial charge in [-0.05, 0) is 57.9 Å². The van der Waals surface area contributed by atoms with Gasteiger partial charge in [0, 0.05) is 19.3 Å². The summed E-state index contributed by atoms with van der Waals surface area (Å²) in [5.74, 6) is 0.606. The van der Waals surface area contributed by atoms with Crippen molar-refractivity contribution in [3.63, 3.8) is 0 Å². The van der Waals surface area contributed by atoms with Crippen LogP contribution in [0.2, 0.25) is 0 Å². The van der Waals surface area contributed by atoms with Crippen LogP contribution in [0.4, 0.5) is 0 Å². The van der Waals surface area contributed by atoms with Crippen molar-refractivity contribution >= 4 is 0 Å². The van der Waals surface area contributed by atoms with E-state index in [1.165, 1.54) is 6.42 Å². The highest BCUT2D eigenvalue weighted by molar-refractivity contribution is 4.85. The zero-order chi connectivity index (χ0) is 14.4. The van der Waals surface area contributed by atoms with Crippen LogP contribution in [0.5, 0.6) is 0 Å². The van der Waals surface area contributed by atoms with Gasteiger partial charge in [0.05, 0.1) is 18.3 Å². The number of aliphatic hydroxyl groups excluding tert-OH is 1. The second kappa shape index (κ2) is 8.32. The third kappa shape index (κ3) is 4.99. The summed E-state index contributed by atoms with van der Waals surface area (Å²) in [6, 6.07) is 0.294. The Balaban J connectivity index is 1.68. The molecule has 1 saturated carbocycles. The van der Waals surface area contributed by atoms with Crippen LogP contribution in [-0.4, -0.2) is 49.2 Å². The number of ether oxygens (including phenoxy) is 2. The average molecular weight is 285 g/mol. The van der Waals surface area contributed by atoms with Gasteiger partial charge >= 0.3 is 0 Å². The van der Waals surface area contributed by atoms with Gasteiger partial charge in [0.25, 0.3) is 0 Å². The Kier molecular flexibility index (Phi) is 6.75. The van der Waals surface area contributed by atoms with Crippen molar-refractivity contribution in [2.75, 3.05) is 19.8 Å². The monoisotopic (exact) mass is 285 g/mol. The summed E-state index contributed by atoms with van der Waals surface area (Å²) in [6.07, 6.45) is 6.82. The molecule has 20 heavy (non-hydrogen) atoms. The van der Waals surface area contributed by atoms with E-state index in [0.29, 0.717) is 24.2 Å². The highest BCUT2D eigenvalue weighted by Crippen LogP contribution is 2.29. The van der Waals surface area contributed by atoms with Gasteiger partial charge < -0.3 is 19.9 Å². The molecule has 0 aromatic rings. The van der Waals surface area contributed by atoms with E-state index in [1.54, 1.807) is 0 Å². The molecule has 0 spiro atoms. The largest absolute Gasteiger partial charge is 0.391 e. The first-order valence-electron chi connectivity index (χ1n) is 8.33. The Bertz CT molecular complexity index is 268. The Morgan fingerprint density at radius 1 is 1.25 bits per heavy atom. The fraction of sp³-hybridized carbons (Fsp3) is 1.00. The first-order valence-corrected chi connectivity index (χ1v) is 8.33. The topological polar surface area (TPSA) is 50.7 Å². The van der Waals surface area contributed by atoms with Crippen LogP contribution in [0.1, 0.15) is 52.4 Å². The summed E-state index contributed by atoms with van der Waals surface area (Å²) in [4.78, 5) is 0. The highest BCUT2D eigenvalue weighted by atomic mass is 16.5. The fourth-order valence-corrected chi connectivity index (χ4v) is 3.61. The lowest BCUT2D eigenvalue weighted by Crippen LogP contribution is -2.44. The maximum atomic E-state index is 10.2. The molecule has 1 saturated heterocycles. The summed E-state index contributed by atoms with van der Waals surface area (Å²) in [5.41, 5.74) is 0. The number of rotatable bonds is 6. The van der Waals surface area contributed by atoms with Gasteiger partial charge in [0.2, 0.25) is 0 Å². The van der Waals surface area contributed by atoms with Crippen molar-refractivity contribution < 1.29 is 14.6 Å². The standard InChI is InChI=1S/C16H31NO3/c1-3-17-15-5-4-13(11-16(15)18)10-12(2)20-14-6-8-19-9-7-14/h12-18H,3-11H2,1-2H3. The first-order chi connectivity index (χ1) is 9.69. The number of hydrogen-bond donors (Lipinski definition) is 2. The van der Waals surface area contributed by atoms with E-state index in [2.05, 4.69) is 19.2 Å². The molecule has 4 unspecified atom stereocenters. The van der Waals surface area contributed by atoms with Gasteiger partial charge in [-0.1, -0.05) is 6.92 Å². The molecule has 0 bridgehead atoms. The molecule has 2 rings (SSSR count). The Morgan fingerprint density at radius 3 is 2.65 bits per heavy atom. The van der Waals surface area contributed by atoms with Gasteiger partial charge in [-0.2, -0.15) is 0 Å². The van der Waals surface area contributed by atoms with Crippen LogP contribution in [0, 0.1) is 5.92 Å². The number of nitrogens with one attached hydrogen (secondary N) is 1. The third-order valence-electron chi connectivity index (χ3n) is 4.65. The Labute approximate surface area is 123 Å². The van der Waals surface area contributed by atoms with Crippen LogP contribution in [0.15, 0.2) is 0 Å². The molecule has 118 valence electrons. The van der Waals surface area contributed by atoms with E-state index in [9.17, 15) is 5.11 Å². The lowest BCUT2D eigenvalue weighted by Gasteiger charge is -2.35. The minimum absolute atomic E-state index is 0.191. The van der Waals surface area contributed by atoms with Crippen molar-refractivity contribution in [2.24, 2.45) is 5.92 Å². The van der Waals surface area contributed by atoms with Crippen molar-refractivity contribution in [2.45, 2.75) is 76.7 Å². The van der Waals surface area contributed by atoms with Gasteiger partial charge in [0.1, 0.15) is 0 Å². The number of aliphatic hydroxyl groups is 1. The smallest absolute Gasteiger partial charge is 0.0695 e. The van der Waals surface area contributed by atoms with Crippen LogP contribution in [-0.2, 0) is 9.47 Å². The molecule has 2 aliphatic rings. The van der Waals surface area contributed by atoms with Gasteiger partial charge in [0.15, 0.2) is 0 Å². The van der Waals surface area contributed by atoms with E-state index in [4.69, 9.17) is 9.47 Å². The summed E-state index contributed by atoms with van der Waals surface area (Å²) in [6.45, 7) is 6.89. The van der Waals surface area contributed by atoms with Gasteiger partial charge in [-0.25, -0.2) is 0 Å². The van der Waals surface area contributed by atoms with Gasteiger partial charge in [-0.15, -0.1) is 0 Å². The Morgan fingerprint density at radius 2 is 2.00 bits per heavy atom. The summed E-state index contributed by atoms with van der Waals surface area (Å²) in [5, 5.41) is 13.6. The fourth-order valence-electron chi connectivity index (χ4n) is 3.61. The molecule has 4 nitrogen and oxygen atoms in total. The normalized spacial score (nSPS) is 34.0. The van der Waals surface area contributed by atoms with E-state index in [0.717, 1.165) is 51.9 Å². The molecule has 0 radical (unpaired) electrons. The van der Waals surface area contributed by atoms with Crippen LogP contribution < -0.4 is 5.32 Å². The van der Waals surface area contributed by atoms with E-state index in [1.807, 2.05) is 0 Å². The van der Waals surface area contributed by atoms with E-state index >= 15 is 0 Å². The minimum atomic E-state index is -0.191. The second-order valence-electron chi connectivity index (χ2n) is 6.40. The molecular weight excluding hydrogens is 254 g/mol. The quantitative estimate of drug-likeness (QED) is 0.785. The van der Waals surface area contributed by atoms with Crippen molar-refractivity contribution in [3.05, 3.63) is 0 Å². The van der Waals surface area contributed by atoms with Crippen molar-refractivity contribution in [3.8, 4) is 0 Å². The molecular formula is C16H31NO3. The Hall–Kier alpha value is -0.160. The number of likely N-dealkylation sites (N-methyl/N-ethyl adjacent to an activating group) is 1. The number of hydrogen-bond acceptors (Lipinski definition) is 4. The molecule has 4 heteroatoms. The zero-order valence-corrected chi connectivity index (χ0v) is 13.0. The summed E-state index contributed by atoms with van der Waals surface area (Å²) < 4.78 is 11.5. The lowest BCUT2D eigenvalue weighted by atomic mass is 9.81.